The lowest BCUT2D eigenvalue weighted by Gasteiger charge is -2.18. The van der Waals surface area contributed by atoms with Crippen LogP contribution < -0.4 is 16.0 Å². The zero-order valence-electron chi connectivity index (χ0n) is 10.9. The first kappa shape index (κ1) is 15.1. The fraction of sp³-hybridized carbons (Fsp3) is 0.214. The molecule has 0 aliphatic heterocycles. The van der Waals surface area contributed by atoms with E-state index in [9.17, 15) is 0 Å². The van der Waals surface area contributed by atoms with Crippen LogP contribution >= 0.6 is 23.2 Å². The van der Waals surface area contributed by atoms with Gasteiger partial charge in [0.1, 0.15) is 10.9 Å². The van der Waals surface area contributed by atoms with Gasteiger partial charge in [0.15, 0.2) is 0 Å². The fourth-order valence-electron chi connectivity index (χ4n) is 1.99. The van der Waals surface area contributed by atoms with Gasteiger partial charge in [-0.2, -0.15) is 0 Å². The van der Waals surface area contributed by atoms with Crippen molar-refractivity contribution in [2.75, 3.05) is 7.11 Å². The molecule has 0 aliphatic carbocycles. The number of nitrogens with two attached hydrogens (primary N) is 1. The Morgan fingerprint density at radius 2 is 2.10 bits per heavy atom. The van der Waals surface area contributed by atoms with Gasteiger partial charge in [0.05, 0.1) is 13.2 Å². The number of halogens is 2. The number of hydrogen-bond acceptors (Lipinski definition) is 4. The maximum atomic E-state index is 6.03. The monoisotopic (exact) mass is 311 g/mol. The van der Waals surface area contributed by atoms with Crippen LogP contribution in [0, 0.1) is 0 Å². The summed E-state index contributed by atoms with van der Waals surface area (Å²) >= 11 is 11.8. The highest BCUT2D eigenvalue weighted by Gasteiger charge is 2.14. The zero-order valence-corrected chi connectivity index (χ0v) is 12.4. The van der Waals surface area contributed by atoms with E-state index in [0.29, 0.717) is 16.6 Å². The van der Waals surface area contributed by atoms with E-state index < -0.39 is 0 Å². The molecule has 0 amide bonds. The Morgan fingerprint density at radius 1 is 1.30 bits per heavy atom. The smallest absolute Gasteiger partial charge is 0.129 e. The number of nitrogens with one attached hydrogen (secondary N) is 1. The Balaban J connectivity index is 2.26. The summed E-state index contributed by atoms with van der Waals surface area (Å²) in [4.78, 5) is 4.06. The van der Waals surface area contributed by atoms with E-state index in [0.717, 1.165) is 16.9 Å². The third-order valence-electron chi connectivity index (χ3n) is 3.02. The van der Waals surface area contributed by atoms with E-state index in [-0.39, 0.29) is 6.04 Å². The van der Waals surface area contributed by atoms with Crippen molar-refractivity contribution < 1.29 is 4.74 Å². The molecule has 1 aromatic heterocycles. The zero-order chi connectivity index (χ0) is 14.5. The molecule has 0 bridgehead atoms. The molecule has 0 saturated heterocycles. The number of hydrazine groups is 1. The molecule has 0 spiro atoms. The van der Waals surface area contributed by atoms with E-state index in [4.69, 9.17) is 33.8 Å². The lowest BCUT2D eigenvalue weighted by atomic mass is 10.00. The third kappa shape index (κ3) is 3.61. The molecule has 1 atom stereocenters. The van der Waals surface area contributed by atoms with Gasteiger partial charge in [-0.25, -0.2) is 4.98 Å². The SMILES string of the molecule is COc1ccc(Cl)cc1CC(NN)c1ccc(Cl)nc1. The van der Waals surface area contributed by atoms with Crippen molar-refractivity contribution in [1.29, 1.82) is 0 Å². The van der Waals surface area contributed by atoms with Gasteiger partial charge in [0.25, 0.3) is 0 Å². The first-order chi connectivity index (χ1) is 9.63. The predicted octanol–water partition coefficient (Wildman–Crippen LogP) is 3.14. The number of aromatic nitrogens is 1. The number of rotatable bonds is 5. The van der Waals surface area contributed by atoms with E-state index in [1.807, 2.05) is 18.2 Å². The minimum Gasteiger partial charge on any atom is -0.496 e. The lowest BCUT2D eigenvalue weighted by Crippen LogP contribution is -2.29. The average Bonchev–Trinajstić information content (AvgIpc) is 2.46. The van der Waals surface area contributed by atoms with Gasteiger partial charge < -0.3 is 4.74 Å². The average molecular weight is 312 g/mol. The van der Waals surface area contributed by atoms with Crippen LogP contribution in [-0.4, -0.2) is 12.1 Å². The second-order valence-corrected chi connectivity index (χ2v) is 5.12. The van der Waals surface area contributed by atoms with Crippen LogP contribution in [0.15, 0.2) is 36.5 Å². The highest BCUT2D eigenvalue weighted by atomic mass is 35.5. The highest BCUT2D eigenvalue weighted by molar-refractivity contribution is 6.30. The summed E-state index contributed by atoms with van der Waals surface area (Å²) in [5, 5.41) is 1.11. The minimum atomic E-state index is -0.105. The van der Waals surface area contributed by atoms with Crippen LogP contribution in [0.1, 0.15) is 17.2 Å². The quantitative estimate of drug-likeness (QED) is 0.506. The van der Waals surface area contributed by atoms with Crippen molar-refractivity contribution in [2.24, 2.45) is 5.84 Å². The molecule has 1 aromatic carbocycles. The summed E-state index contributed by atoms with van der Waals surface area (Å²) in [5.74, 6) is 6.41. The standard InChI is InChI=1S/C14H15Cl2N3O/c1-20-13-4-3-11(15)6-10(13)7-12(19-17)9-2-5-14(16)18-8-9/h2-6,8,12,19H,7,17H2,1H3. The molecule has 20 heavy (non-hydrogen) atoms. The Hall–Kier alpha value is -1.33. The summed E-state index contributed by atoms with van der Waals surface area (Å²) in [7, 11) is 1.63. The Bertz CT molecular complexity index is 575. The van der Waals surface area contributed by atoms with Crippen molar-refractivity contribution in [1.82, 2.24) is 10.4 Å². The molecule has 1 unspecified atom stereocenters. The van der Waals surface area contributed by atoms with E-state index in [2.05, 4.69) is 10.4 Å². The number of methoxy groups -OCH3 is 1. The number of ether oxygens (including phenoxy) is 1. The summed E-state index contributed by atoms with van der Waals surface area (Å²) in [6.45, 7) is 0. The molecule has 0 fully saturated rings. The van der Waals surface area contributed by atoms with Gasteiger partial charge >= 0.3 is 0 Å². The highest BCUT2D eigenvalue weighted by Crippen LogP contribution is 2.27. The summed E-state index contributed by atoms with van der Waals surface area (Å²) < 4.78 is 5.34. The molecule has 3 N–H and O–H groups in total. The fourth-order valence-corrected chi connectivity index (χ4v) is 2.30. The summed E-state index contributed by atoms with van der Waals surface area (Å²) in [6, 6.07) is 9.01. The molecule has 106 valence electrons. The second kappa shape index (κ2) is 6.90. The number of hydrogen-bond donors (Lipinski definition) is 2. The number of benzene rings is 1. The number of pyridine rings is 1. The molecule has 6 heteroatoms. The maximum Gasteiger partial charge on any atom is 0.129 e. The van der Waals surface area contributed by atoms with Crippen LogP contribution in [-0.2, 0) is 6.42 Å². The van der Waals surface area contributed by atoms with Crippen LogP contribution in [0.2, 0.25) is 10.2 Å². The predicted molar refractivity (Wildman–Crippen MR) is 81.0 cm³/mol. The molecule has 2 aromatic rings. The minimum absolute atomic E-state index is 0.105. The molecular formula is C14H15Cl2N3O. The molecule has 4 nitrogen and oxygen atoms in total. The molecule has 1 heterocycles. The van der Waals surface area contributed by atoms with E-state index in [1.54, 1.807) is 25.4 Å². The lowest BCUT2D eigenvalue weighted by molar-refractivity contribution is 0.405. The summed E-state index contributed by atoms with van der Waals surface area (Å²) in [6.07, 6.45) is 2.33. The molecule has 0 radical (unpaired) electrons. The second-order valence-electron chi connectivity index (χ2n) is 4.29. The van der Waals surface area contributed by atoms with Crippen molar-refractivity contribution in [3.8, 4) is 5.75 Å². The Kier molecular flexibility index (Phi) is 5.20. The van der Waals surface area contributed by atoms with Crippen molar-refractivity contribution >= 4 is 23.2 Å². The maximum absolute atomic E-state index is 6.03. The first-order valence-corrected chi connectivity index (χ1v) is 6.79. The van der Waals surface area contributed by atoms with Crippen LogP contribution in [0.25, 0.3) is 0 Å². The molecule has 0 saturated carbocycles. The Morgan fingerprint density at radius 3 is 2.70 bits per heavy atom. The largest absolute Gasteiger partial charge is 0.496 e. The molecule has 2 rings (SSSR count). The van der Waals surface area contributed by atoms with Gasteiger partial charge in [-0.15, -0.1) is 0 Å². The van der Waals surface area contributed by atoms with Crippen molar-refractivity contribution in [3.63, 3.8) is 0 Å². The van der Waals surface area contributed by atoms with Gasteiger partial charge in [-0.3, -0.25) is 11.3 Å². The number of nitrogens with zero attached hydrogens (tertiary/aromatic N) is 1. The normalized spacial score (nSPS) is 12.2. The van der Waals surface area contributed by atoms with Gasteiger partial charge in [-0.05, 0) is 41.8 Å². The van der Waals surface area contributed by atoms with E-state index >= 15 is 0 Å². The van der Waals surface area contributed by atoms with E-state index in [1.165, 1.54) is 0 Å². The van der Waals surface area contributed by atoms with Crippen molar-refractivity contribution in [3.05, 3.63) is 57.8 Å². The molecule has 0 aliphatic rings. The summed E-state index contributed by atoms with van der Waals surface area (Å²) in [5.41, 5.74) is 4.69. The van der Waals surface area contributed by atoms with Gasteiger partial charge in [0, 0.05) is 11.2 Å². The van der Waals surface area contributed by atoms with Crippen molar-refractivity contribution in [2.45, 2.75) is 12.5 Å². The van der Waals surface area contributed by atoms with Gasteiger partial charge in [-0.1, -0.05) is 29.3 Å². The third-order valence-corrected chi connectivity index (χ3v) is 3.48. The molecular weight excluding hydrogens is 297 g/mol. The topological polar surface area (TPSA) is 60.2 Å². The Labute approximate surface area is 127 Å². The van der Waals surface area contributed by atoms with Crippen LogP contribution in [0.4, 0.5) is 0 Å². The van der Waals surface area contributed by atoms with Gasteiger partial charge in [0.2, 0.25) is 0 Å². The van der Waals surface area contributed by atoms with Crippen LogP contribution in [0.5, 0.6) is 5.75 Å². The first-order valence-electron chi connectivity index (χ1n) is 6.04. The van der Waals surface area contributed by atoms with Crippen LogP contribution in [0.3, 0.4) is 0 Å².